The van der Waals surface area contributed by atoms with Gasteiger partial charge >= 0.3 is 0 Å². The van der Waals surface area contributed by atoms with Crippen LogP contribution in [0.2, 0.25) is 0 Å². The van der Waals surface area contributed by atoms with E-state index >= 15 is 0 Å². The second-order valence-electron chi connectivity index (χ2n) is 4.60. The highest BCUT2D eigenvalue weighted by Gasteiger charge is 2.34. The predicted molar refractivity (Wildman–Crippen MR) is 64.2 cm³/mol. The fraction of sp³-hybridized carbons (Fsp3) is 0.200. The van der Waals surface area contributed by atoms with Crippen LogP contribution < -0.4 is 0 Å². The molecule has 0 saturated carbocycles. The first-order chi connectivity index (χ1) is 8.68. The summed E-state index contributed by atoms with van der Waals surface area (Å²) in [5, 5.41) is 10.2. The minimum absolute atomic E-state index is 0.0366. The van der Waals surface area contributed by atoms with Crippen molar-refractivity contribution in [2.45, 2.75) is 18.4 Å². The summed E-state index contributed by atoms with van der Waals surface area (Å²) in [5.41, 5.74) is 2.22. The molecule has 3 heteroatoms. The number of hydrogen-bond donors (Lipinski definition) is 1. The second kappa shape index (κ2) is 4.18. The Balaban J connectivity index is 1.94. The van der Waals surface area contributed by atoms with Crippen LogP contribution in [0.4, 0.5) is 8.78 Å². The van der Waals surface area contributed by atoms with Gasteiger partial charge in [-0.05, 0) is 23.6 Å². The van der Waals surface area contributed by atoms with Gasteiger partial charge in [-0.1, -0.05) is 36.4 Å². The Bertz CT molecular complexity index is 595. The maximum absolute atomic E-state index is 13.6. The first kappa shape index (κ1) is 11.4. The van der Waals surface area contributed by atoms with Crippen LogP contribution in [0.3, 0.4) is 0 Å². The van der Waals surface area contributed by atoms with E-state index in [9.17, 15) is 13.9 Å². The van der Waals surface area contributed by atoms with E-state index in [4.69, 9.17) is 0 Å². The van der Waals surface area contributed by atoms with E-state index in [0.717, 1.165) is 11.6 Å². The minimum atomic E-state index is -0.990. The molecule has 2 atom stereocenters. The van der Waals surface area contributed by atoms with E-state index in [0.29, 0.717) is 6.42 Å². The lowest BCUT2D eigenvalue weighted by Gasteiger charge is -2.34. The molecule has 2 aromatic carbocycles. The molecule has 2 aromatic rings. The fourth-order valence-electron chi connectivity index (χ4n) is 2.54. The molecule has 1 aliphatic carbocycles. The molecule has 0 spiro atoms. The third-order valence-electron chi connectivity index (χ3n) is 3.58. The Labute approximate surface area is 104 Å². The van der Waals surface area contributed by atoms with Gasteiger partial charge in [0, 0.05) is 11.5 Å². The number of rotatable bonds is 2. The number of aliphatic hydroxyl groups excluding tert-OH is 1. The van der Waals surface area contributed by atoms with Crippen molar-refractivity contribution in [1.82, 2.24) is 0 Å². The van der Waals surface area contributed by atoms with Crippen molar-refractivity contribution >= 4 is 0 Å². The predicted octanol–water partition coefficient (Wildman–Crippen LogP) is 3.34. The van der Waals surface area contributed by atoms with Crippen molar-refractivity contribution in [2.24, 2.45) is 0 Å². The van der Waals surface area contributed by atoms with Crippen LogP contribution >= 0.6 is 0 Å². The van der Waals surface area contributed by atoms with Gasteiger partial charge in [-0.3, -0.25) is 0 Å². The van der Waals surface area contributed by atoms with Gasteiger partial charge in [0.15, 0.2) is 11.6 Å². The zero-order valence-corrected chi connectivity index (χ0v) is 9.61. The van der Waals surface area contributed by atoms with E-state index in [1.807, 2.05) is 24.3 Å². The van der Waals surface area contributed by atoms with Crippen molar-refractivity contribution < 1.29 is 13.9 Å². The standard InChI is InChI=1S/C15H12F2O/c16-13-7-3-6-11(14(13)17)15(18)12-8-9-4-1-2-5-10(9)12/h1-7,12,15,18H,8H2. The monoisotopic (exact) mass is 246 g/mol. The van der Waals surface area contributed by atoms with E-state index in [1.165, 1.54) is 17.7 Å². The van der Waals surface area contributed by atoms with Gasteiger partial charge in [-0.2, -0.15) is 0 Å². The molecule has 1 aliphatic rings. The third-order valence-corrected chi connectivity index (χ3v) is 3.58. The topological polar surface area (TPSA) is 20.2 Å². The van der Waals surface area contributed by atoms with Crippen LogP contribution in [-0.2, 0) is 6.42 Å². The Kier molecular flexibility index (Phi) is 2.63. The first-order valence-corrected chi connectivity index (χ1v) is 5.88. The highest BCUT2D eigenvalue weighted by molar-refractivity contribution is 5.42. The molecular formula is C15H12F2O. The van der Waals surface area contributed by atoms with Crippen LogP contribution in [-0.4, -0.2) is 5.11 Å². The van der Waals surface area contributed by atoms with Gasteiger partial charge < -0.3 is 5.11 Å². The van der Waals surface area contributed by atoms with Crippen LogP contribution in [0.15, 0.2) is 42.5 Å². The summed E-state index contributed by atoms with van der Waals surface area (Å²) in [5.74, 6) is -2.01. The molecule has 0 aliphatic heterocycles. The first-order valence-electron chi connectivity index (χ1n) is 5.88. The molecule has 0 fully saturated rings. The zero-order valence-electron chi connectivity index (χ0n) is 9.61. The lowest BCUT2D eigenvalue weighted by molar-refractivity contribution is 0.129. The molecule has 3 rings (SSSR count). The molecular weight excluding hydrogens is 234 g/mol. The fourth-order valence-corrected chi connectivity index (χ4v) is 2.54. The van der Waals surface area contributed by atoms with Gasteiger partial charge in [0.1, 0.15) is 0 Å². The van der Waals surface area contributed by atoms with E-state index in [-0.39, 0.29) is 11.5 Å². The van der Waals surface area contributed by atoms with Crippen molar-refractivity contribution in [2.75, 3.05) is 0 Å². The SMILES string of the molecule is OC(c1cccc(F)c1F)C1Cc2ccccc21. The van der Waals surface area contributed by atoms with Crippen molar-refractivity contribution in [1.29, 1.82) is 0 Å². The van der Waals surface area contributed by atoms with E-state index < -0.39 is 17.7 Å². The lowest BCUT2D eigenvalue weighted by atomic mass is 9.73. The smallest absolute Gasteiger partial charge is 0.164 e. The Hall–Kier alpha value is -1.74. The van der Waals surface area contributed by atoms with Crippen LogP contribution in [0.1, 0.15) is 28.7 Å². The molecule has 1 nitrogen and oxygen atoms in total. The molecule has 92 valence electrons. The van der Waals surface area contributed by atoms with Gasteiger partial charge in [0.2, 0.25) is 0 Å². The summed E-state index contributed by atoms with van der Waals surface area (Å²) in [4.78, 5) is 0. The van der Waals surface area contributed by atoms with Crippen molar-refractivity contribution in [3.05, 3.63) is 70.8 Å². The van der Waals surface area contributed by atoms with E-state index in [2.05, 4.69) is 0 Å². The number of fused-ring (bicyclic) bond motifs is 1. The number of aliphatic hydroxyl groups is 1. The molecule has 1 N–H and O–H groups in total. The van der Waals surface area contributed by atoms with Crippen LogP contribution in [0.5, 0.6) is 0 Å². The van der Waals surface area contributed by atoms with Crippen LogP contribution in [0, 0.1) is 11.6 Å². The highest BCUT2D eigenvalue weighted by Crippen LogP contribution is 2.43. The summed E-state index contributed by atoms with van der Waals surface area (Å²) in [7, 11) is 0. The summed E-state index contributed by atoms with van der Waals surface area (Å²) in [6, 6.07) is 11.6. The number of benzene rings is 2. The molecule has 0 heterocycles. The molecule has 0 amide bonds. The minimum Gasteiger partial charge on any atom is -0.388 e. The molecule has 0 saturated heterocycles. The summed E-state index contributed by atoms with van der Waals surface area (Å²) < 4.78 is 26.7. The van der Waals surface area contributed by atoms with Gasteiger partial charge in [-0.15, -0.1) is 0 Å². The second-order valence-corrected chi connectivity index (χ2v) is 4.60. The molecule has 2 unspecified atom stereocenters. The summed E-state index contributed by atoms with van der Waals surface area (Å²) >= 11 is 0. The molecule has 18 heavy (non-hydrogen) atoms. The van der Waals surface area contributed by atoms with Crippen LogP contribution in [0.25, 0.3) is 0 Å². The Morgan fingerprint density at radius 1 is 1.06 bits per heavy atom. The maximum Gasteiger partial charge on any atom is 0.164 e. The van der Waals surface area contributed by atoms with Crippen molar-refractivity contribution in [3.63, 3.8) is 0 Å². The average molecular weight is 246 g/mol. The van der Waals surface area contributed by atoms with E-state index in [1.54, 1.807) is 0 Å². The average Bonchev–Trinajstić information content (AvgIpc) is 2.34. The largest absolute Gasteiger partial charge is 0.388 e. The Morgan fingerprint density at radius 3 is 2.61 bits per heavy atom. The van der Waals surface area contributed by atoms with Crippen molar-refractivity contribution in [3.8, 4) is 0 Å². The third kappa shape index (κ3) is 1.63. The quantitative estimate of drug-likeness (QED) is 0.861. The normalized spacial score (nSPS) is 18.9. The van der Waals surface area contributed by atoms with Gasteiger partial charge in [0.05, 0.1) is 6.10 Å². The van der Waals surface area contributed by atoms with Gasteiger partial charge in [0.25, 0.3) is 0 Å². The molecule has 0 radical (unpaired) electrons. The molecule has 0 aromatic heterocycles. The molecule has 0 bridgehead atoms. The lowest BCUT2D eigenvalue weighted by Crippen LogP contribution is -2.24. The zero-order chi connectivity index (χ0) is 12.7. The highest BCUT2D eigenvalue weighted by atomic mass is 19.2. The summed E-state index contributed by atoms with van der Waals surface area (Å²) in [6.45, 7) is 0. The number of halogens is 2. The Morgan fingerprint density at radius 2 is 1.83 bits per heavy atom. The maximum atomic E-state index is 13.6. The number of hydrogen-bond acceptors (Lipinski definition) is 1. The summed E-state index contributed by atoms with van der Waals surface area (Å²) in [6.07, 6.45) is -0.289. The van der Waals surface area contributed by atoms with Gasteiger partial charge in [-0.25, -0.2) is 8.78 Å².